The summed E-state index contributed by atoms with van der Waals surface area (Å²) in [7, 11) is 0. The van der Waals surface area contributed by atoms with Crippen LogP contribution in [0.2, 0.25) is 5.02 Å². The number of nitrogens with one attached hydrogen (secondary N) is 1. The standard InChI is InChI=1S/C19H24ClN3O2S/c1-13-10-15(20)6-7-17(13)25-14(2)18(24)22-19-21-16(12-26-19)11-23-8-4-3-5-9-23/h6-7,10,12,14H,3-5,8-9,11H2,1-2H3,(H,21,22,24)/t14-/m1/s1. The van der Waals surface area contributed by atoms with Crippen molar-refractivity contribution >= 4 is 34.0 Å². The number of hydrogen-bond acceptors (Lipinski definition) is 5. The number of benzene rings is 1. The maximum Gasteiger partial charge on any atom is 0.266 e. The van der Waals surface area contributed by atoms with Gasteiger partial charge in [-0.2, -0.15) is 0 Å². The van der Waals surface area contributed by atoms with Crippen molar-refractivity contribution in [3.8, 4) is 5.75 Å². The summed E-state index contributed by atoms with van der Waals surface area (Å²) in [4.78, 5) is 19.3. The Morgan fingerprint density at radius 3 is 2.88 bits per heavy atom. The zero-order valence-corrected chi connectivity index (χ0v) is 16.7. The summed E-state index contributed by atoms with van der Waals surface area (Å²) < 4.78 is 5.76. The van der Waals surface area contributed by atoms with Crippen LogP contribution in [0.4, 0.5) is 5.13 Å². The van der Waals surface area contributed by atoms with Crippen LogP contribution in [0.5, 0.6) is 5.75 Å². The number of amides is 1. The van der Waals surface area contributed by atoms with E-state index in [0.29, 0.717) is 15.9 Å². The number of nitrogens with zero attached hydrogens (tertiary/aromatic N) is 2. The second kappa shape index (κ2) is 8.84. The molecule has 1 aromatic heterocycles. The molecule has 26 heavy (non-hydrogen) atoms. The van der Waals surface area contributed by atoms with Gasteiger partial charge in [-0.1, -0.05) is 18.0 Å². The monoisotopic (exact) mass is 393 g/mol. The average Bonchev–Trinajstić information content (AvgIpc) is 3.05. The number of anilines is 1. The molecule has 3 rings (SSSR count). The van der Waals surface area contributed by atoms with Crippen molar-refractivity contribution in [2.45, 2.75) is 45.8 Å². The van der Waals surface area contributed by atoms with E-state index in [1.807, 2.05) is 18.4 Å². The molecule has 1 aliphatic rings. The lowest BCUT2D eigenvalue weighted by molar-refractivity contribution is -0.122. The van der Waals surface area contributed by atoms with E-state index in [4.69, 9.17) is 16.3 Å². The Hall–Kier alpha value is -1.63. The predicted octanol–water partition coefficient (Wildman–Crippen LogP) is 4.50. The average molecular weight is 394 g/mol. The first kappa shape index (κ1) is 19.1. The molecule has 0 bridgehead atoms. The number of rotatable bonds is 6. The van der Waals surface area contributed by atoms with Gasteiger partial charge < -0.3 is 4.74 Å². The van der Waals surface area contributed by atoms with E-state index in [0.717, 1.165) is 30.9 Å². The van der Waals surface area contributed by atoms with Gasteiger partial charge in [-0.25, -0.2) is 4.98 Å². The molecule has 2 heterocycles. The molecule has 0 radical (unpaired) electrons. The maximum absolute atomic E-state index is 12.4. The van der Waals surface area contributed by atoms with Crippen LogP contribution >= 0.6 is 22.9 Å². The second-order valence-corrected chi connectivity index (χ2v) is 7.93. The first-order valence-corrected chi connectivity index (χ1v) is 10.2. The van der Waals surface area contributed by atoms with E-state index in [2.05, 4.69) is 15.2 Å². The Bertz CT molecular complexity index is 759. The number of likely N-dealkylation sites (tertiary alicyclic amines) is 1. The quantitative estimate of drug-likeness (QED) is 0.785. The third kappa shape index (κ3) is 5.19. The lowest BCUT2D eigenvalue weighted by Gasteiger charge is -2.25. The molecule has 140 valence electrons. The lowest BCUT2D eigenvalue weighted by Crippen LogP contribution is -2.30. The molecule has 1 atom stereocenters. The summed E-state index contributed by atoms with van der Waals surface area (Å²) in [5.74, 6) is 0.445. The van der Waals surface area contributed by atoms with Crippen molar-refractivity contribution in [1.82, 2.24) is 9.88 Å². The molecule has 1 saturated heterocycles. The Morgan fingerprint density at radius 1 is 1.38 bits per heavy atom. The number of thiazole rings is 1. The van der Waals surface area contributed by atoms with Gasteiger partial charge in [0.05, 0.1) is 5.69 Å². The summed E-state index contributed by atoms with van der Waals surface area (Å²) in [6, 6.07) is 5.35. The SMILES string of the molecule is Cc1cc(Cl)ccc1O[C@H](C)C(=O)Nc1nc(CN2CCCCC2)cs1. The Kier molecular flexibility index (Phi) is 6.51. The third-order valence-electron chi connectivity index (χ3n) is 4.43. The fraction of sp³-hybridized carbons (Fsp3) is 0.474. The normalized spacial score (nSPS) is 16.3. The summed E-state index contributed by atoms with van der Waals surface area (Å²) in [6.07, 6.45) is 3.21. The van der Waals surface area contributed by atoms with Crippen molar-refractivity contribution in [3.63, 3.8) is 0 Å². The van der Waals surface area contributed by atoms with Crippen LogP contribution in [0.3, 0.4) is 0 Å². The van der Waals surface area contributed by atoms with E-state index in [-0.39, 0.29) is 5.91 Å². The van der Waals surface area contributed by atoms with E-state index in [9.17, 15) is 4.79 Å². The highest BCUT2D eigenvalue weighted by Crippen LogP contribution is 2.24. The van der Waals surface area contributed by atoms with Gasteiger partial charge >= 0.3 is 0 Å². The number of ether oxygens (including phenoxy) is 1. The maximum atomic E-state index is 12.4. The van der Waals surface area contributed by atoms with Crippen LogP contribution < -0.4 is 10.1 Å². The molecule has 0 saturated carbocycles. The van der Waals surface area contributed by atoms with Crippen LogP contribution in [-0.2, 0) is 11.3 Å². The molecular weight excluding hydrogens is 370 g/mol. The Balaban J connectivity index is 1.53. The van der Waals surface area contributed by atoms with Gasteiger partial charge in [-0.15, -0.1) is 11.3 Å². The van der Waals surface area contributed by atoms with E-state index < -0.39 is 6.10 Å². The smallest absolute Gasteiger partial charge is 0.266 e. The van der Waals surface area contributed by atoms with E-state index in [1.165, 1.54) is 30.6 Å². The van der Waals surface area contributed by atoms with Crippen molar-refractivity contribution in [2.24, 2.45) is 0 Å². The van der Waals surface area contributed by atoms with Crippen LogP contribution in [0.15, 0.2) is 23.6 Å². The van der Waals surface area contributed by atoms with Crippen LogP contribution in [0.25, 0.3) is 0 Å². The van der Waals surface area contributed by atoms with E-state index in [1.54, 1.807) is 19.1 Å². The number of piperidine rings is 1. The number of carbonyl (C=O) groups is 1. The molecule has 2 aromatic rings. The highest BCUT2D eigenvalue weighted by molar-refractivity contribution is 7.13. The Labute approximate surface area is 163 Å². The fourth-order valence-electron chi connectivity index (χ4n) is 2.98. The summed E-state index contributed by atoms with van der Waals surface area (Å²) in [5.41, 5.74) is 1.91. The molecule has 1 N–H and O–H groups in total. The van der Waals surface area contributed by atoms with Gasteiger partial charge in [0.25, 0.3) is 5.91 Å². The molecule has 0 aliphatic carbocycles. The molecule has 0 unspecified atom stereocenters. The lowest BCUT2D eigenvalue weighted by atomic mass is 10.1. The first-order chi connectivity index (χ1) is 12.5. The molecule has 1 aliphatic heterocycles. The molecule has 1 aromatic carbocycles. The molecule has 5 nitrogen and oxygen atoms in total. The minimum atomic E-state index is -0.621. The molecule has 0 spiro atoms. The highest BCUT2D eigenvalue weighted by atomic mass is 35.5. The molecular formula is C19H24ClN3O2S. The minimum absolute atomic E-state index is 0.210. The zero-order valence-electron chi connectivity index (χ0n) is 15.1. The molecule has 1 amide bonds. The second-order valence-electron chi connectivity index (χ2n) is 6.64. The molecule has 1 fully saturated rings. The Morgan fingerprint density at radius 2 is 2.15 bits per heavy atom. The highest BCUT2D eigenvalue weighted by Gasteiger charge is 2.18. The largest absolute Gasteiger partial charge is 0.481 e. The zero-order chi connectivity index (χ0) is 18.5. The van der Waals surface area contributed by atoms with Crippen LogP contribution in [-0.4, -0.2) is 35.0 Å². The number of carbonyl (C=O) groups excluding carboxylic acids is 1. The van der Waals surface area contributed by atoms with Gasteiger partial charge in [0.2, 0.25) is 0 Å². The summed E-state index contributed by atoms with van der Waals surface area (Å²) >= 11 is 7.40. The van der Waals surface area contributed by atoms with Crippen molar-refractivity contribution in [1.29, 1.82) is 0 Å². The van der Waals surface area contributed by atoms with Gasteiger partial charge in [-0.05, 0) is 63.5 Å². The van der Waals surface area contributed by atoms with Gasteiger partial charge in [0.15, 0.2) is 11.2 Å². The van der Waals surface area contributed by atoms with E-state index >= 15 is 0 Å². The summed E-state index contributed by atoms with van der Waals surface area (Å²) in [6.45, 7) is 6.74. The van der Waals surface area contributed by atoms with Crippen LogP contribution in [0, 0.1) is 6.92 Å². The third-order valence-corrected chi connectivity index (χ3v) is 5.47. The van der Waals surface area contributed by atoms with Gasteiger partial charge in [0, 0.05) is 16.9 Å². The molecule has 7 heteroatoms. The summed E-state index contributed by atoms with van der Waals surface area (Å²) in [5, 5.41) is 6.13. The fourth-order valence-corrected chi connectivity index (χ4v) is 3.91. The van der Waals surface area contributed by atoms with Crippen molar-refractivity contribution in [3.05, 3.63) is 39.9 Å². The van der Waals surface area contributed by atoms with Crippen LogP contribution in [0.1, 0.15) is 37.4 Å². The van der Waals surface area contributed by atoms with Crippen molar-refractivity contribution in [2.75, 3.05) is 18.4 Å². The predicted molar refractivity (Wildman–Crippen MR) is 106 cm³/mol. The topological polar surface area (TPSA) is 54.5 Å². The van der Waals surface area contributed by atoms with Gasteiger partial charge in [0.1, 0.15) is 5.75 Å². The number of hydrogen-bond donors (Lipinski definition) is 1. The number of aryl methyl sites for hydroxylation is 1. The minimum Gasteiger partial charge on any atom is -0.481 e. The number of aromatic nitrogens is 1. The van der Waals surface area contributed by atoms with Crippen molar-refractivity contribution < 1.29 is 9.53 Å². The van der Waals surface area contributed by atoms with Gasteiger partial charge in [-0.3, -0.25) is 15.0 Å². The first-order valence-electron chi connectivity index (χ1n) is 8.91. The number of halogens is 1.